The molecule has 8 nitrogen and oxygen atoms in total. The molecule has 1 N–H and O–H groups in total. The molecule has 2 heterocycles. The second-order valence-corrected chi connectivity index (χ2v) is 8.58. The average molecular weight is 477 g/mol. The fraction of sp³-hybridized carbons (Fsp3) is 0.500. The van der Waals surface area contributed by atoms with Gasteiger partial charge in [0.2, 0.25) is 5.75 Å². The molecule has 1 aromatic heterocycles. The molecule has 0 saturated heterocycles. The van der Waals surface area contributed by atoms with Gasteiger partial charge in [-0.2, -0.15) is 0 Å². The molecule has 1 amide bonds. The van der Waals surface area contributed by atoms with E-state index >= 15 is 0 Å². The maximum absolute atomic E-state index is 13.3. The average Bonchev–Trinajstić information content (AvgIpc) is 3.13. The highest BCUT2D eigenvalue weighted by Crippen LogP contribution is 2.41. The van der Waals surface area contributed by atoms with E-state index in [1.165, 1.54) is 11.3 Å². The minimum absolute atomic E-state index is 0.269. The summed E-state index contributed by atoms with van der Waals surface area (Å²) in [7, 11) is 2.04. The molecule has 0 radical (unpaired) electrons. The number of amides is 1. The quantitative estimate of drug-likeness (QED) is 0.510. The van der Waals surface area contributed by atoms with Crippen molar-refractivity contribution in [3.05, 3.63) is 33.7 Å². The summed E-state index contributed by atoms with van der Waals surface area (Å²) in [5.74, 6) is 0.574. The number of nitrogens with one attached hydrogen (secondary N) is 1. The summed E-state index contributed by atoms with van der Waals surface area (Å²) in [5.41, 5.74) is 1.77. The van der Waals surface area contributed by atoms with Crippen molar-refractivity contribution >= 4 is 28.2 Å². The molecule has 3 rings (SSSR count). The Morgan fingerprint density at radius 1 is 1.00 bits per heavy atom. The summed E-state index contributed by atoms with van der Waals surface area (Å²) in [6.45, 7) is 10.5. The van der Waals surface area contributed by atoms with Crippen LogP contribution < -0.4 is 19.5 Å². The summed E-state index contributed by atoms with van der Waals surface area (Å²) in [6.07, 6.45) is 0.735. The smallest absolute Gasteiger partial charge is 0.341 e. The molecular formula is C24H32N2O6S. The van der Waals surface area contributed by atoms with Gasteiger partial charge in [-0.05, 0) is 58.9 Å². The van der Waals surface area contributed by atoms with Crippen LogP contribution in [0.25, 0.3) is 0 Å². The highest BCUT2D eigenvalue weighted by atomic mass is 32.1. The number of hydrogen-bond donors (Lipinski definition) is 1. The molecule has 1 aliphatic rings. The van der Waals surface area contributed by atoms with Gasteiger partial charge >= 0.3 is 5.97 Å². The Bertz CT molecular complexity index is 976. The lowest BCUT2D eigenvalue weighted by atomic mass is 10.0. The number of esters is 1. The molecular weight excluding hydrogens is 444 g/mol. The van der Waals surface area contributed by atoms with Crippen molar-refractivity contribution in [1.29, 1.82) is 0 Å². The number of hydrogen-bond acceptors (Lipinski definition) is 8. The third-order valence-electron chi connectivity index (χ3n) is 5.13. The van der Waals surface area contributed by atoms with E-state index in [1.54, 1.807) is 19.1 Å². The highest BCUT2D eigenvalue weighted by Gasteiger charge is 2.29. The lowest BCUT2D eigenvalue weighted by molar-refractivity contribution is 0.0526. The maximum Gasteiger partial charge on any atom is 0.341 e. The molecule has 0 aliphatic carbocycles. The second kappa shape index (κ2) is 11.4. The SMILES string of the molecule is CCOC(=O)c1c(NC(=O)c2cc(OCC)c(OCC)c(OCC)c2)sc2c1CCN(C)C2. The van der Waals surface area contributed by atoms with Gasteiger partial charge in [0.15, 0.2) is 11.5 Å². The van der Waals surface area contributed by atoms with E-state index in [9.17, 15) is 9.59 Å². The Morgan fingerprint density at radius 3 is 2.21 bits per heavy atom. The van der Waals surface area contributed by atoms with Gasteiger partial charge in [-0.3, -0.25) is 4.79 Å². The van der Waals surface area contributed by atoms with Crippen LogP contribution in [0.2, 0.25) is 0 Å². The molecule has 1 aliphatic heterocycles. The third kappa shape index (κ3) is 5.59. The van der Waals surface area contributed by atoms with Gasteiger partial charge in [-0.25, -0.2) is 4.79 Å². The van der Waals surface area contributed by atoms with Gasteiger partial charge in [0.25, 0.3) is 5.91 Å². The first-order chi connectivity index (χ1) is 15.9. The van der Waals surface area contributed by atoms with E-state index in [0.29, 0.717) is 53.2 Å². The molecule has 9 heteroatoms. The van der Waals surface area contributed by atoms with E-state index in [1.807, 2.05) is 27.8 Å². The zero-order chi connectivity index (χ0) is 24.0. The zero-order valence-corrected chi connectivity index (χ0v) is 20.7. The van der Waals surface area contributed by atoms with Crippen molar-refractivity contribution in [2.45, 2.75) is 40.7 Å². The minimum Gasteiger partial charge on any atom is -0.490 e. The first-order valence-corrected chi connectivity index (χ1v) is 12.1. The van der Waals surface area contributed by atoms with Gasteiger partial charge in [-0.15, -0.1) is 11.3 Å². The van der Waals surface area contributed by atoms with Gasteiger partial charge in [0.05, 0.1) is 32.0 Å². The predicted molar refractivity (Wildman–Crippen MR) is 128 cm³/mol. The van der Waals surface area contributed by atoms with Crippen molar-refractivity contribution in [3.63, 3.8) is 0 Å². The number of thiophene rings is 1. The van der Waals surface area contributed by atoms with Crippen molar-refractivity contribution in [1.82, 2.24) is 4.90 Å². The molecule has 0 fully saturated rings. The van der Waals surface area contributed by atoms with Crippen LogP contribution in [0.5, 0.6) is 17.2 Å². The zero-order valence-electron chi connectivity index (χ0n) is 19.9. The molecule has 0 spiro atoms. The molecule has 2 aromatic rings. The first-order valence-electron chi connectivity index (χ1n) is 11.3. The molecule has 33 heavy (non-hydrogen) atoms. The molecule has 0 bridgehead atoms. The van der Waals surface area contributed by atoms with Crippen molar-refractivity contribution < 1.29 is 28.5 Å². The molecule has 1 aromatic carbocycles. The van der Waals surface area contributed by atoms with Crippen LogP contribution in [-0.2, 0) is 17.7 Å². The number of fused-ring (bicyclic) bond motifs is 1. The Hall–Kier alpha value is -2.78. The minimum atomic E-state index is -0.411. The first kappa shape index (κ1) is 24.9. The molecule has 0 unspecified atom stereocenters. The van der Waals surface area contributed by atoms with Crippen molar-refractivity contribution in [3.8, 4) is 17.2 Å². The van der Waals surface area contributed by atoms with E-state index in [4.69, 9.17) is 18.9 Å². The summed E-state index contributed by atoms with van der Waals surface area (Å²) < 4.78 is 22.5. The second-order valence-electron chi connectivity index (χ2n) is 7.47. The van der Waals surface area contributed by atoms with E-state index in [0.717, 1.165) is 30.0 Å². The summed E-state index contributed by atoms with van der Waals surface area (Å²) in [4.78, 5) is 29.3. The number of rotatable bonds is 10. The maximum atomic E-state index is 13.3. The standard InChI is InChI=1S/C24H32N2O6S/c1-6-29-17-12-15(13-18(30-7-2)21(17)31-8-3)22(27)25-23-20(24(28)32-9-4)16-10-11-26(5)14-19(16)33-23/h12-13H,6-11,14H2,1-5H3,(H,25,27). The van der Waals surface area contributed by atoms with Crippen molar-refractivity contribution in [2.75, 3.05) is 45.3 Å². The van der Waals surface area contributed by atoms with Gasteiger partial charge in [0.1, 0.15) is 5.00 Å². The largest absolute Gasteiger partial charge is 0.490 e. The molecule has 0 atom stereocenters. The number of likely N-dealkylation sites (N-methyl/N-ethyl adjacent to an activating group) is 1. The Labute approximate surface area is 198 Å². The topological polar surface area (TPSA) is 86.3 Å². The van der Waals surface area contributed by atoms with E-state index in [-0.39, 0.29) is 12.5 Å². The number of carbonyl (C=O) groups is 2. The number of ether oxygens (including phenoxy) is 4. The van der Waals surface area contributed by atoms with Gasteiger partial charge < -0.3 is 29.2 Å². The lowest BCUT2D eigenvalue weighted by Crippen LogP contribution is -2.26. The van der Waals surface area contributed by atoms with Crippen LogP contribution in [0.3, 0.4) is 0 Å². The molecule has 0 saturated carbocycles. The Kier molecular flexibility index (Phi) is 8.57. The fourth-order valence-corrected chi connectivity index (χ4v) is 5.04. The number of carbonyl (C=O) groups excluding carboxylic acids is 2. The normalized spacial score (nSPS) is 13.2. The number of nitrogens with zero attached hydrogens (tertiary/aromatic N) is 1. The number of benzene rings is 1. The summed E-state index contributed by atoms with van der Waals surface area (Å²) in [6, 6.07) is 3.27. The van der Waals surface area contributed by atoms with E-state index in [2.05, 4.69) is 10.2 Å². The van der Waals surface area contributed by atoms with Crippen LogP contribution in [0, 0.1) is 0 Å². The lowest BCUT2D eigenvalue weighted by Gasteiger charge is -2.22. The molecule has 180 valence electrons. The van der Waals surface area contributed by atoms with Crippen LogP contribution >= 0.6 is 11.3 Å². The van der Waals surface area contributed by atoms with Crippen LogP contribution in [0.1, 0.15) is 58.9 Å². The van der Waals surface area contributed by atoms with Crippen molar-refractivity contribution in [2.24, 2.45) is 0 Å². The Balaban J connectivity index is 1.99. The Morgan fingerprint density at radius 2 is 1.64 bits per heavy atom. The fourth-order valence-electron chi connectivity index (χ4n) is 3.73. The summed E-state index contributed by atoms with van der Waals surface area (Å²) >= 11 is 1.42. The number of anilines is 1. The predicted octanol–water partition coefficient (Wildman–Crippen LogP) is 4.36. The monoisotopic (exact) mass is 476 g/mol. The van der Waals surface area contributed by atoms with Gasteiger partial charge in [-0.1, -0.05) is 0 Å². The van der Waals surface area contributed by atoms with Gasteiger partial charge in [0, 0.05) is 23.5 Å². The van der Waals surface area contributed by atoms with Crippen LogP contribution in [0.4, 0.5) is 5.00 Å². The highest BCUT2D eigenvalue weighted by molar-refractivity contribution is 7.17. The van der Waals surface area contributed by atoms with Crippen LogP contribution in [0.15, 0.2) is 12.1 Å². The summed E-state index contributed by atoms with van der Waals surface area (Å²) in [5, 5.41) is 3.44. The van der Waals surface area contributed by atoms with Crippen LogP contribution in [-0.4, -0.2) is 56.8 Å². The third-order valence-corrected chi connectivity index (χ3v) is 6.26. The van der Waals surface area contributed by atoms with E-state index < -0.39 is 5.97 Å².